The minimum Gasteiger partial charge on any atom is -0.450 e. The lowest BCUT2D eigenvalue weighted by atomic mass is 10.1. The van der Waals surface area contributed by atoms with Crippen LogP contribution in [-0.4, -0.2) is 35.1 Å². The summed E-state index contributed by atoms with van der Waals surface area (Å²) in [6.07, 6.45) is -10.0. The van der Waals surface area contributed by atoms with Crippen LogP contribution < -0.4 is 9.47 Å². The molecule has 1 amide bonds. The molecule has 1 aromatic heterocycles. The molecule has 0 saturated carbocycles. The van der Waals surface area contributed by atoms with Gasteiger partial charge in [0.15, 0.2) is 5.82 Å². The summed E-state index contributed by atoms with van der Waals surface area (Å²) in [4.78, 5) is 21.5. The predicted molar refractivity (Wildman–Crippen MR) is 108 cm³/mol. The lowest BCUT2D eigenvalue weighted by molar-refractivity contribution is -0.138. The number of benzene rings is 2. The van der Waals surface area contributed by atoms with Crippen molar-refractivity contribution >= 4 is 6.09 Å². The van der Waals surface area contributed by atoms with Crippen LogP contribution in [0.5, 0.6) is 17.4 Å². The zero-order chi connectivity index (χ0) is 25.3. The quantitative estimate of drug-likeness (QED) is 0.404. The van der Waals surface area contributed by atoms with E-state index in [1.807, 2.05) is 0 Å². The van der Waals surface area contributed by atoms with Gasteiger partial charge in [-0.15, -0.1) is 0 Å². The zero-order valence-electron chi connectivity index (χ0n) is 18.0. The molecule has 0 aliphatic carbocycles. The van der Waals surface area contributed by atoms with Crippen molar-refractivity contribution in [1.82, 2.24) is 14.9 Å². The van der Waals surface area contributed by atoms with E-state index in [1.165, 1.54) is 27.1 Å². The van der Waals surface area contributed by atoms with E-state index in [0.717, 1.165) is 47.4 Å². The van der Waals surface area contributed by atoms with E-state index in [0.29, 0.717) is 0 Å². The van der Waals surface area contributed by atoms with Crippen LogP contribution in [0, 0.1) is 6.92 Å². The molecule has 0 fully saturated rings. The lowest BCUT2D eigenvalue weighted by Crippen LogP contribution is -2.26. The fourth-order valence-corrected chi connectivity index (χ4v) is 2.69. The Labute approximate surface area is 189 Å². The first-order valence-corrected chi connectivity index (χ1v) is 9.56. The van der Waals surface area contributed by atoms with Gasteiger partial charge in [-0.1, -0.05) is 18.2 Å². The zero-order valence-corrected chi connectivity index (χ0v) is 18.0. The van der Waals surface area contributed by atoms with Gasteiger partial charge >= 0.3 is 18.4 Å². The molecule has 0 radical (unpaired) electrons. The highest BCUT2D eigenvalue weighted by atomic mass is 19.4. The molecule has 34 heavy (non-hydrogen) atoms. The first-order valence-electron chi connectivity index (χ1n) is 9.56. The van der Waals surface area contributed by atoms with E-state index in [2.05, 4.69) is 9.97 Å². The Balaban J connectivity index is 2.05. The minimum absolute atomic E-state index is 0.0730. The molecule has 1 heterocycles. The minimum atomic E-state index is -4.61. The predicted octanol–water partition coefficient (Wildman–Crippen LogP) is 6.34. The van der Waals surface area contributed by atoms with Crippen LogP contribution >= 0.6 is 0 Å². The Hall–Kier alpha value is -3.83. The van der Waals surface area contributed by atoms with E-state index in [4.69, 9.17) is 9.47 Å². The molecule has 2 aromatic carbocycles. The average molecular weight is 485 g/mol. The highest BCUT2D eigenvalue weighted by Crippen LogP contribution is 2.38. The highest BCUT2D eigenvalue weighted by molar-refractivity contribution is 5.71. The molecule has 0 aliphatic heterocycles. The van der Waals surface area contributed by atoms with Crippen LogP contribution in [0.4, 0.5) is 31.1 Å². The van der Waals surface area contributed by atoms with Crippen LogP contribution in [0.3, 0.4) is 0 Å². The van der Waals surface area contributed by atoms with Crippen molar-refractivity contribution < 1.29 is 40.6 Å². The van der Waals surface area contributed by atoms with E-state index in [-0.39, 0.29) is 28.6 Å². The molecule has 12 heteroatoms. The van der Waals surface area contributed by atoms with Gasteiger partial charge in [0.05, 0.1) is 16.8 Å². The molecule has 0 aliphatic rings. The number of alkyl halides is 6. The molecule has 0 spiro atoms. The van der Waals surface area contributed by atoms with Gasteiger partial charge in [0.25, 0.3) is 5.88 Å². The number of carbonyl (C=O) groups excluding carboxylic acids is 1. The fourth-order valence-electron chi connectivity index (χ4n) is 2.69. The number of aryl methyl sites for hydroxylation is 1. The standard InChI is InChI=1S/C22H17F6N3O3/c1-12-17(33-16-6-4-5-15(11-16)22(26,27)28)19(34-20(32)31(2)3)30-18(29-12)13-7-9-14(10-8-13)21(23,24)25/h4-11H,1-3H3. The normalized spacial score (nSPS) is 11.8. The number of ether oxygens (including phenoxy) is 2. The number of hydrogen-bond acceptors (Lipinski definition) is 5. The fraction of sp³-hybridized carbons (Fsp3) is 0.227. The van der Waals surface area contributed by atoms with E-state index in [9.17, 15) is 31.1 Å². The van der Waals surface area contributed by atoms with Crippen LogP contribution in [0.15, 0.2) is 48.5 Å². The van der Waals surface area contributed by atoms with Crippen LogP contribution in [-0.2, 0) is 12.4 Å². The second-order valence-electron chi connectivity index (χ2n) is 7.23. The maximum Gasteiger partial charge on any atom is 0.416 e. The number of hydrogen-bond donors (Lipinski definition) is 0. The average Bonchev–Trinajstić information content (AvgIpc) is 2.75. The van der Waals surface area contributed by atoms with Gasteiger partial charge in [-0.3, -0.25) is 0 Å². The summed E-state index contributed by atoms with van der Waals surface area (Å²) in [5, 5.41) is 0. The third-order valence-corrected chi connectivity index (χ3v) is 4.40. The molecule has 180 valence electrons. The monoisotopic (exact) mass is 485 g/mol. The van der Waals surface area contributed by atoms with Crippen molar-refractivity contribution in [3.8, 4) is 28.8 Å². The maximum atomic E-state index is 13.0. The molecule has 0 saturated heterocycles. The van der Waals surface area contributed by atoms with Gasteiger partial charge in [0.1, 0.15) is 5.75 Å². The van der Waals surface area contributed by atoms with E-state index in [1.54, 1.807) is 0 Å². The smallest absolute Gasteiger partial charge is 0.416 e. The molecular weight excluding hydrogens is 468 g/mol. The second kappa shape index (κ2) is 9.20. The Morgan fingerprint density at radius 2 is 1.50 bits per heavy atom. The summed E-state index contributed by atoms with van der Waals surface area (Å²) in [5.41, 5.74) is -1.58. The van der Waals surface area contributed by atoms with Crippen LogP contribution in [0.1, 0.15) is 16.8 Å². The first kappa shape index (κ1) is 24.8. The van der Waals surface area contributed by atoms with Crippen molar-refractivity contribution in [2.24, 2.45) is 0 Å². The van der Waals surface area contributed by atoms with E-state index >= 15 is 0 Å². The number of halogens is 6. The summed E-state index contributed by atoms with van der Waals surface area (Å²) in [6.45, 7) is 1.42. The molecule has 3 rings (SSSR count). The number of amides is 1. The Morgan fingerprint density at radius 3 is 2.06 bits per heavy atom. The van der Waals surface area contributed by atoms with Crippen molar-refractivity contribution in [1.29, 1.82) is 0 Å². The van der Waals surface area contributed by atoms with Crippen molar-refractivity contribution in [2.45, 2.75) is 19.3 Å². The van der Waals surface area contributed by atoms with Gasteiger partial charge in [-0.25, -0.2) is 9.78 Å². The van der Waals surface area contributed by atoms with E-state index < -0.39 is 35.5 Å². The number of nitrogens with zero attached hydrogens (tertiary/aromatic N) is 3. The largest absolute Gasteiger partial charge is 0.450 e. The summed E-state index contributed by atoms with van der Waals surface area (Å²) < 4.78 is 88.4. The van der Waals surface area contributed by atoms with Crippen molar-refractivity contribution in [3.63, 3.8) is 0 Å². The summed E-state index contributed by atoms with van der Waals surface area (Å²) >= 11 is 0. The van der Waals surface area contributed by atoms with Crippen LogP contribution in [0.2, 0.25) is 0 Å². The molecule has 0 unspecified atom stereocenters. The van der Waals surface area contributed by atoms with Gasteiger partial charge < -0.3 is 14.4 Å². The van der Waals surface area contributed by atoms with Gasteiger partial charge in [-0.2, -0.15) is 31.3 Å². The van der Waals surface area contributed by atoms with Crippen molar-refractivity contribution in [2.75, 3.05) is 14.1 Å². The van der Waals surface area contributed by atoms with Gasteiger partial charge in [0, 0.05) is 19.7 Å². The lowest BCUT2D eigenvalue weighted by Gasteiger charge is -2.16. The molecule has 0 bridgehead atoms. The molecular formula is C22H17F6N3O3. The number of carbonyl (C=O) groups is 1. The topological polar surface area (TPSA) is 64.6 Å². The highest BCUT2D eigenvalue weighted by Gasteiger charge is 2.31. The molecule has 3 aromatic rings. The summed E-state index contributed by atoms with van der Waals surface area (Å²) in [7, 11) is 2.78. The Kier molecular flexibility index (Phi) is 6.71. The third kappa shape index (κ3) is 5.74. The number of aromatic nitrogens is 2. The Morgan fingerprint density at radius 1 is 0.882 bits per heavy atom. The maximum absolute atomic E-state index is 13.0. The summed E-state index contributed by atoms with van der Waals surface area (Å²) in [6, 6.07) is 7.97. The Bertz CT molecular complexity index is 1190. The van der Waals surface area contributed by atoms with Crippen molar-refractivity contribution in [3.05, 3.63) is 65.4 Å². The van der Waals surface area contributed by atoms with Crippen LogP contribution in [0.25, 0.3) is 11.4 Å². The first-order chi connectivity index (χ1) is 15.8. The van der Waals surface area contributed by atoms with Gasteiger partial charge in [0.2, 0.25) is 5.75 Å². The summed E-state index contributed by atoms with van der Waals surface area (Å²) in [5.74, 6) is -0.946. The second-order valence-corrected chi connectivity index (χ2v) is 7.23. The SMILES string of the molecule is Cc1nc(-c2ccc(C(F)(F)F)cc2)nc(OC(=O)N(C)C)c1Oc1cccc(C(F)(F)F)c1. The number of rotatable bonds is 4. The third-order valence-electron chi connectivity index (χ3n) is 4.40. The molecule has 0 atom stereocenters. The molecule has 6 nitrogen and oxygen atoms in total. The van der Waals surface area contributed by atoms with Gasteiger partial charge in [-0.05, 0) is 37.3 Å². The molecule has 0 N–H and O–H groups in total.